The number of hydrogen-bond acceptors (Lipinski definition) is 3. The molecule has 0 radical (unpaired) electrons. The zero-order valence-electron chi connectivity index (χ0n) is 10.8. The fourth-order valence-electron chi connectivity index (χ4n) is 2.03. The Morgan fingerprint density at radius 3 is 2.53 bits per heavy atom. The number of benzene rings is 1. The summed E-state index contributed by atoms with van der Waals surface area (Å²) in [5.74, 6) is -0.909. The highest BCUT2D eigenvalue weighted by Gasteiger charge is 2.41. The van der Waals surface area contributed by atoms with E-state index in [1.165, 1.54) is 11.9 Å². The summed E-state index contributed by atoms with van der Waals surface area (Å²) >= 11 is 0. The fraction of sp³-hybridized carbons (Fsp3) is 0.429. The Morgan fingerprint density at radius 2 is 2.00 bits per heavy atom. The predicted molar refractivity (Wildman–Crippen MR) is 68.5 cm³/mol. The van der Waals surface area contributed by atoms with Gasteiger partial charge in [-0.05, 0) is 24.3 Å². The van der Waals surface area contributed by atoms with Crippen molar-refractivity contribution in [2.75, 3.05) is 7.05 Å². The van der Waals surface area contributed by atoms with Gasteiger partial charge >= 0.3 is 12.1 Å². The molecule has 5 nitrogen and oxygen atoms in total. The van der Waals surface area contributed by atoms with E-state index in [2.05, 4.69) is 0 Å². The van der Waals surface area contributed by atoms with Crippen LogP contribution in [0.25, 0.3) is 0 Å². The quantitative estimate of drug-likeness (QED) is 0.883. The molecule has 1 unspecified atom stereocenters. The molecule has 0 aliphatic heterocycles. The van der Waals surface area contributed by atoms with Crippen molar-refractivity contribution in [2.45, 2.75) is 25.5 Å². The van der Waals surface area contributed by atoms with Gasteiger partial charge in [0.25, 0.3) is 0 Å². The van der Waals surface area contributed by atoms with E-state index < -0.39 is 18.1 Å². The summed E-state index contributed by atoms with van der Waals surface area (Å²) in [5.41, 5.74) is 0.877. The molecule has 1 saturated carbocycles. The number of carbonyl (C=O) groups is 2. The molecule has 0 spiro atoms. The maximum absolute atomic E-state index is 11.8. The van der Waals surface area contributed by atoms with Crippen LogP contribution < -0.4 is 0 Å². The summed E-state index contributed by atoms with van der Waals surface area (Å²) in [6, 6.07) is 8.52. The number of rotatable bonds is 5. The third kappa shape index (κ3) is 3.47. The first-order valence-electron chi connectivity index (χ1n) is 6.26. The van der Waals surface area contributed by atoms with Crippen LogP contribution in [0.2, 0.25) is 0 Å². The smallest absolute Gasteiger partial charge is 0.410 e. The fourth-order valence-corrected chi connectivity index (χ4v) is 2.03. The lowest BCUT2D eigenvalue weighted by atomic mass is 10.2. The molecular formula is C14H17NO4. The second-order valence-electron chi connectivity index (χ2n) is 4.77. The van der Waals surface area contributed by atoms with Crippen LogP contribution in [0.4, 0.5) is 4.79 Å². The van der Waals surface area contributed by atoms with Crippen molar-refractivity contribution in [1.29, 1.82) is 0 Å². The standard InChI is InChI=1S/C14H17NO4/c1-15(12(13(16)17)11-7-8-11)14(18)19-9-10-5-3-2-4-6-10/h2-6,11-12H,7-9H2,1H3,(H,16,17). The second kappa shape index (κ2) is 5.73. The normalized spacial score (nSPS) is 15.6. The Bertz CT molecular complexity index is 456. The van der Waals surface area contributed by atoms with Crippen molar-refractivity contribution in [1.82, 2.24) is 4.90 Å². The van der Waals surface area contributed by atoms with Crippen LogP contribution in [0, 0.1) is 5.92 Å². The number of carbonyl (C=O) groups excluding carboxylic acids is 1. The molecule has 0 aromatic heterocycles. The minimum Gasteiger partial charge on any atom is -0.480 e. The van der Waals surface area contributed by atoms with Crippen molar-refractivity contribution in [2.24, 2.45) is 5.92 Å². The second-order valence-corrected chi connectivity index (χ2v) is 4.77. The van der Waals surface area contributed by atoms with Gasteiger partial charge in [-0.1, -0.05) is 30.3 Å². The van der Waals surface area contributed by atoms with Gasteiger partial charge in [-0.2, -0.15) is 0 Å². The number of ether oxygens (including phenoxy) is 1. The monoisotopic (exact) mass is 263 g/mol. The molecule has 5 heteroatoms. The van der Waals surface area contributed by atoms with Gasteiger partial charge in [0, 0.05) is 7.05 Å². The molecule has 1 atom stereocenters. The molecule has 1 aliphatic carbocycles. The van der Waals surface area contributed by atoms with Crippen molar-refractivity contribution < 1.29 is 19.4 Å². The highest BCUT2D eigenvalue weighted by atomic mass is 16.6. The number of hydrogen-bond donors (Lipinski definition) is 1. The van der Waals surface area contributed by atoms with Gasteiger partial charge in [0.15, 0.2) is 0 Å². The van der Waals surface area contributed by atoms with Crippen LogP contribution in [-0.4, -0.2) is 35.2 Å². The first-order chi connectivity index (χ1) is 9.09. The van der Waals surface area contributed by atoms with Crippen LogP contribution in [0.3, 0.4) is 0 Å². The molecule has 1 aromatic rings. The van der Waals surface area contributed by atoms with Crippen molar-refractivity contribution >= 4 is 12.1 Å². The lowest BCUT2D eigenvalue weighted by molar-refractivity contribution is -0.143. The zero-order chi connectivity index (χ0) is 13.8. The molecule has 102 valence electrons. The third-order valence-electron chi connectivity index (χ3n) is 3.23. The van der Waals surface area contributed by atoms with Gasteiger partial charge in [-0.15, -0.1) is 0 Å². The number of aliphatic carboxylic acids is 1. The van der Waals surface area contributed by atoms with Gasteiger partial charge in [-0.3, -0.25) is 4.90 Å². The van der Waals surface area contributed by atoms with Gasteiger partial charge < -0.3 is 9.84 Å². The van der Waals surface area contributed by atoms with E-state index in [1.807, 2.05) is 30.3 Å². The van der Waals surface area contributed by atoms with E-state index in [9.17, 15) is 9.59 Å². The predicted octanol–water partition coefficient (Wildman–Crippen LogP) is 2.12. The minimum absolute atomic E-state index is 0.0618. The summed E-state index contributed by atoms with van der Waals surface area (Å²) < 4.78 is 5.12. The van der Waals surface area contributed by atoms with E-state index in [1.54, 1.807) is 0 Å². The number of carboxylic acids is 1. The highest BCUT2D eigenvalue weighted by Crippen LogP contribution is 2.35. The largest absolute Gasteiger partial charge is 0.480 e. The first-order valence-corrected chi connectivity index (χ1v) is 6.26. The first kappa shape index (κ1) is 13.4. The summed E-state index contributed by atoms with van der Waals surface area (Å²) in [4.78, 5) is 24.2. The lowest BCUT2D eigenvalue weighted by Crippen LogP contribution is -2.44. The van der Waals surface area contributed by atoms with E-state index >= 15 is 0 Å². The van der Waals surface area contributed by atoms with Gasteiger partial charge in [0.2, 0.25) is 0 Å². The molecule has 0 bridgehead atoms. The number of likely N-dealkylation sites (N-methyl/N-ethyl adjacent to an activating group) is 1. The molecule has 0 saturated heterocycles. The maximum Gasteiger partial charge on any atom is 0.410 e. The van der Waals surface area contributed by atoms with Crippen LogP contribution in [0.15, 0.2) is 30.3 Å². The molecule has 1 N–H and O–H groups in total. The Hall–Kier alpha value is -2.04. The Kier molecular flexibility index (Phi) is 4.04. The lowest BCUT2D eigenvalue weighted by Gasteiger charge is -2.23. The third-order valence-corrected chi connectivity index (χ3v) is 3.23. The molecule has 1 aromatic carbocycles. The topological polar surface area (TPSA) is 66.8 Å². The van der Waals surface area contributed by atoms with Gasteiger partial charge in [0.1, 0.15) is 12.6 Å². The summed E-state index contributed by atoms with van der Waals surface area (Å²) in [6.45, 7) is 0.154. The maximum atomic E-state index is 11.8. The van der Waals surface area contributed by atoms with Crippen LogP contribution >= 0.6 is 0 Å². The molecule has 1 amide bonds. The molecule has 19 heavy (non-hydrogen) atoms. The van der Waals surface area contributed by atoms with Crippen LogP contribution in [-0.2, 0) is 16.1 Å². The van der Waals surface area contributed by atoms with E-state index in [0.29, 0.717) is 0 Å². The molecule has 1 fully saturated rings. The molecule has 0 heterocycles. The Morgan fingerprint density at radius 1 is 1.37 bits per heavy atom. The van der Waals surface area contributed by atoms with E-state index in [0.717, 1.165) is 18.4 Å². The summed E-state index contributed by atoms with van der Waals surface area (Å²) in [5, 5.41) is 9.14. The van der Waals surface area contributed by atoms with Crippen molar-refractivity contribution in [3.63, 3.8) is 0 Å². The van der Waals surface area contributed by atoms with E-state index in [-0.39, 0.29) is 12.5 Å². The zero-order valence-corrected chi connectivity index (χ0v) is 10.8. The molecule has 1 aliphatic rings. The highest BCUT2D eigenvalue weighted by molar-refractivity contribution is 5.80. The van der Waals surface area contributed by atoms with Crippen LogP contribution in [0.5, 0.6) is 0 Å². The van der Waals surface area contributed by atoms with Gasteiger partial charge in [-0.25, -0.2) is 9.59 Å². The summed E-state index contributed by atoms with van der Waals surface area (Å²) in [6.07, 6.45) is 1.11. The Labute approximate surface area is 111 Å². The SMILES string of the molecule is CN(C(=O)OCc1ccccc1)C(C(=O)O)C1CC1. The Balaban J connectivity index is 1.90. The van der Waals surface area contributed by atoms with E-state index in [4.69, 9.17) is 9.84 Å². The average Bonchev–Trinajstić information content (AvgIpc) is 3.21. The van der Waals surface area contributed by atoms with Crippen molar-refractivity contribution in [3.05, 3.63) is 35.9 Å². The number of carboxylic acid groups (broad SMARTS) is 1. The van der Waals surface area contributed by atoms with Gasteiger partial charge in [0.05, 0.1) is 0 Å². The average molecular weight is 263 g/mol. The molecular weight excluding hydrogens is 246 g/mol. The number of amides is 1. The minimum atomic E-state index is -0.971. The van der Waals surface area contributed by atoms with Crippen molar-refractivity contribution in [3.8, 4) is 0 Å². The van der Waals surface area contributed by atoms with Crippen LogP contribution in [0.1, 0.15) is 18.4 Å². The number of nitrogens with zero attached hydrogens (tertiary/aromatic N) is 1. The summed E-state index contributed by atoms with van der Waals surface area (Å²) in [7, 11) is 1.48. The molecule has 2 rings (SSSR count).